The fraction of sp³-hybridized carbons (Fsp3) is 0.409. The zero-order valence-electron chi connectivity index (χ0n) is 17.1. The minimum absolute atomic E-state index is 0.0308. The number of nitrogens with one attached hydrogen (secondary N) is 1. The van der Waals surface area contributed by atoms with Crippen molar-refractivity contribution in [2.24, 2.45) is 0 Å². The summed E-state index contributed by atoms with van der Waals surface area (Å²) in [7, 11) is 1.33. The van der Waals surface area contributed by atoms with Crippen LogP contribution < -0.4 is 15.0 Å². The lowest BCUT2D eigenvalue weighted by Gasteiger charge is -2.25. The third kappa shape index (κ3) is 4.88. The second-order valence-electron chi connectivity index (χ2n) is 7.98. The van der Waals surface area contributed by atoms with Gasteiger partial charge in [-0.25, -0.2) is 5.48 Å². The molecular formula is C22H25ClN2O6. The number of aliphatic hydroxyl groups is 1. The number of amides is 1. The molecule has 3 N–H and O–H groups in total. The maximum atomic E-state index is 12.1. The van der Waals surface area contributed by atoms with E-state index < -0.39 is 12.0 Å². The predicted octanol–water partition coefficient (Wildman–Crippen LogP) is 2.16. The van der Waals surface area contributed by atoms with Crippen LogP contribution in [0.3, 0.4) is 0 Å². The van der Waals surface area contributed by atoms with Crippen molar-refractivity contribution in [3.63, 3.8) is 0 Å². The Morgan fingerprint density at radius 3 is 3.00 bits per heavy atom. The van der Waals surface area contributed by atoms with E-state index in [4.69, 9.17) is 21.1 Å². The molecule has 2 aliphatic rings. The lowest BCUT2D eigenvalue weighted by Crippen LogP contribution is -2.40. The highest BCUT2D eigenvalue weighted by molar-refractivity contribution is 6.30. The highest BCUT2D eigenvalue weighted by atomic mass is 35.5. The van der Waals surface area contributed by atoms with Crippen molar-refractivity contribution >= 4 is 17.5 Å². The molecule has 1 fully saturated rings. The number of likely N-dealkylation sites (tertiary alicyclic amines) is 1. The van der Waals surface area contributed by atoms with Crippen molar-refractivity contribution in [2.45, 2.75) is 24.5 Å². The SMILES string of the molecule is CONC(=O)c1ccc(O)cc1OC[C@@H](O)CN1CCC2(Cc3cc(Cl)ccc3O2)C1. The number of halogens is 1. The van der Waals surface area contributed by atoms with Crippen molar-refractivity contribution in [2.75, 3.05) is 33.4 Å². The van der Waals surface area contributed by atoms with Gasteiger partial charge < -0.3 is 19.7 Å². The standard InChI is InChI=1S/C22H25ClN2O6/c1-29-24-21(28)18-4-3-16(26)9-20(18)30-12-17(27)11-25-7-6-22(13-25)10-14-8-15(23)2-5-19(14)31-22/h2-5,8-9,17,26-27H,6-7,10-13H2,1H3,(H,24,28)/t17-,22?/m0/s1. The van der Waals surface area contributed by atoms with E-state index in [9.17, 15) is 15.0 Å². The topological polar surface area (TPSA) is 100 Å². The van der Waals surface area contributed by atoms with Gasteiger partial charge in [0.15, 0.2) is 0 Å². The number of hydrogen-bond acceptors (Lipinski definition) is 7. The van der Waals surface area contributed by atoms with Gasteiger partial charge in [-0.05, 0) is 35.9 Å². The summed E-state index contributed by atoms with van der Waals surface area (Å²) in [5.41, 5.74) is 3.24. The van der Waals surface area contributed by atoms with Crippen molar-refractivity contribution in [3.05, 3.63) is 52.5 Å². The number of carbonyl (C=O) groups excluding carboxylic acids is 1. The van der Waals surface area contributed by atoms with Gasteiger partial charge in [-0.3, -0.25) is 14.5 Å². The zero-order valence-corrected chi connectivity index (χ0v) is 17.9. The molecule has 31 heavy (non-hydrogen) atoms. The first-order valence-electron chi connectivity index (χ1n) is 10.0. The van der Waals surface area contributed by atoms with Crippen LogP contribution >= 0.6 is 11.6 Å². The van der Waals surface area contributed by atoms with Crippen LogP contribution in [0, 0.1) is 0 Å². The molecule has 2 heterocycles. The Bertz CT molecular complexity index is 971. The summed E-state index contributed by atoms with van der Waals surface area (Å²) in [6, 6.07) is 9.82. The van der Waals surface area contributed by atoms with Gasteiger partial charge in [0.1, 0.15) is 35.6 Å². The number of aromatic hydroxyl groups is 1. The minimum Gasteiger partial charge on any atom is -0.508 e. The summed E-state index contributed by atoms with van der Waals surface area (Å²) in [5, 5.41) is 20.9. The molecule has 2 atom stereocenters. The molecule has 8 nitrogen and oxygen atoms in total. The molecule has 0 saturated carbocycles. The summed E-state index contributed by atoms with van der Waals surface area (Å²) >= 11 is 6.10. The van der Waals surface area contributed by atoms with Crippen molar-refractivity contribution in [3.8, 4) is 17.2 Å². The molecule has 4 rings (SSSR count). The maximum Gasteiger partial charge on any atom is 0.278 e. The Kier molecular flexibility index (Phi) is 6.24. The van der Waals surface area contributed by atoms with Crippen LogP contribution in [0.25, 0.3) is 0 Å². The molecule has 2 aromatic rings. The molecule has 0 bridgehead atoms. The fourth-order valence-electron chi connectivity index (χ4n) is 4.22. The Hall–Kier alpha value is -2.52. The quantitative estimate of drug-likeness (QED) is 0.558. The summed E-state index contributed by atoms with van der Waals surface area (Å²) in [6.07, 6.45) is 0.877. The normalized spacial score (nSPS) is 21.0. The van der Waals surface area contributed by atoms with Gasteiger partial charge in [0.05, 0.1) is 12.7 Å². The molecule has 1 amide bonds. The summed E-state index contributed by atoms with van der Waals surface area (Å²) < 4.78 is 11.9. The van der Waals surface area contributed by atoms with Gasteiger partial charge in [0.25, 0.3) is 5.91 Å². The summed E-state index contributed by atoms with van der Waals surface area (Å²) in [6.45, 7) is 1.87. The Morgan fingerprint density at radius 2 is 2.19 bits per heavy atom. The maximum absolute atomic E-state index is 12.1. The highest BCUT2D eigenvalue weighted by Crippen LogP contribution is 2.41. The number of phenols is 1. The first kappa shape index (κ1) is 21.7. The molecule has 2 aromatic carbocycles. The van der Waals surface area contributed by atoms with Crippen LogP contribution in [-0.2, 0) is 11.3 Å². The molecular weight excluding hydrogens is 424 g/mol. The van der Waals surface area contributed by atoms with E-state index in [2.05, 4.69) is 15.2 Å². The van der Waals surface area contributed by atoms with E-state index >= 15 is 0 Å². The molecule has 9 heteroatoms. The van der Waals surface area contributed by atoms with Crippen molar-refractivity contribution < 1.29 is 29.3 Å². The smallest absolute Gasteiger partial charge is 0.278 e. The van der Waals surface area contributed by atoms with Crippen LogP contribution in [-0.4, -0.2) is 66.1 Å². The average molecular weight is 449 g/mol. The van der Waals surface area contributed by atoms with Gasteiger partial charge in [-0.1, -0.05) is 11.6 Å². The lowest BCUT2D eigenvalue weighted by molar-refractivity contribution is 0.0509. The molecule has 166 valence electrons. The molecule has 1 saturated heterocycles. The van der Waals surface area contributed by atoms with E-state index in [-0.39, 0.29) is 29.3 Å². The number of ether oxygens (including phenoxy) is 2. The number of benzene rings is 2. The molecule has 1 spiro atoms. The number of fused-ring (bicyclic) bond motifs is 1. The molecule has 1 unspecified atom stereocenters. The monoisotopic (exact) mass is 448 g/mol. The predicted molar refractivity (Wildman–Crippen MR) is 114 cm³/mol. The number of β-amino-alcohol motifs (C(OH)–C–C–N with tert-alkyl or cyclic N) is 1. The first-order chi connectivity index (χ1) is 14.9. The van der Waals surface area contributed by atoms with Crippen molar-refractivity contribution in [1.29, 1.82) is 0 Å². The van der Waals surface area contributed by atoms with Crippen LogP contribution in [0.4, 0.5) is 0 Å². The van der Waals surface area contributed by atoms with E-state index in [1.54, 1.807) is 0 Å². The number of rotatable bonds is 7. The van der Waals surface area contributed by atoms with Crippen LogP contribution in [0.2, 0.25) is 5.02 Å². The number of phenolic OH excluding ortho intramolecular Hbond substituents is 1. The van der Waals surface area contributed by atoms with E-state index in [1.165, 1.54) is 25.3 Å². The molecule has 2 aliphatic heterocycles. The number of hydrogen-bond donors (Lipinski definition) is 3. The van der Waals surface area contributed by atoms with Crippen LogP contribution in [0.1, 0.15) is 22.3 Å². The van der Waals surface area contributed by atoms with Gasteiger partial charge >= 0.3 is 0 Å². The third-order valence-corrected chi connectivity index (χ3v) is 5.80. The van der Waals surface area contributed by atoms with Gasteiger partial charge in [-0.2, -0.15) is 0 Å². The van der Waals surface area contributed by atoms with Gasteiger partial charge in [-0.15, -0.1) is 0 Å². The highest BCUT2D eigenvalue weighted by Gasteiger charge is 2.45. The fourth-order valence-corrected chi connectivity index (χ4v) is 4.41. The first-order valence-corrected chi connectivity index (χ1v) is 10.4. The lowest BCUT2D eigenvalue weighted by atomic mass is 9.96. The van der Waals surface area contributed by atoms with E-state index in [0.29, 0.717) is 18.1 Å². The Labute approximate surface area is 185 Å². The number of aliphatic hydroxyl groups excluding tert-OH is 1. The second-order valence-corrected chi connectivity index (χ2v) is 8.42. The Morgan fingerprint density at radius 1 is 1.35 bits per heavy atom. The molecule has 0 radical (unpaired) electrons. The van der Waals surface area contributed by atoms with Crippen molar-refractivity contribution in [1.82, 2.24) is 10.4 Å². The number of nitrogens with zero attached hydrogens (tertiary/aromatic N) is 1. The average Bonchev–Trinajstić information content (AvgIpc) is 3.28. The van der Waals surface area contributed by atoms with Crippen LogP contribution in [0.15, 0.2) is 36.4 Å². The van der Waals surface area contributed by atoms with E-state index in [0.717, 1.165) is 30.7 Å². The van der Waals surface area contributed by atoms with Gasteiger partial charge in [0.2, 0.25) is 0 Å². The third-order valence-electron chi connectivity index (χ3n) is 5.56. The molecule has 0 aliphatic carbocycles. The second kappa shape index (κ2) is 8.92. The Balaban J connectivity index is 1.32. The summed E-state index contributed by atoms with van der Waals surface area (Å²) in [5.74, 6) is 0.489. The number of hydroxylamine groups is 1. The zero-order chi connectivity index (χ0) is 22.0. The van der Waals surface area contributed by atoms with E-state index in [1.807, 2.05) is 18.2 Å². The summed E-state index contributed by atoms with van der Waals surface area (Å²) in [4.78, 5) is 18.8. The van der Waals surface area contributed by atoms with Crippen LogP contribution in [0.5, 0.6) is 17.2 Å². The minimum atomic E-state index is -0.783. The largest absolute Gasteiger partial charge is 0.508 e. The number of carbonyl (C=O) groups is 1. The van der Waals surface area contributed by atoms with Gasteiger partial charge in [0, 0.05) is 43.6 Å². The molecule has 0 aromatic heterocycles.